The molecule has 3 fully saturated rings. The summed E-state index contributed by atoms with van der Waals surface area (Å²) in [5.41, 5.74) is 0. The van der Waals surface area contributed by atoms with Crippen LogP contribution in [0.5, 0.6) is 0 Å². The average molecular weight is 251 g/mol. The maximum Gasteiger partial charge on any atom is 0.317 e. The Morgan fingerprint density at radius 1 is 0.889 bits per heavy atom. The van der Waals surface area contributed by atoms with Gasteiger partial charge in [0.2, 0.25) is 0 Å². The van der Waals surface area contributed by atoms with E-state index in [2.05, 4.69) is 10.2 Å². The van der Waals surface area contributed by atoms with Gasteiger partial charge in [0.1, 0.15) is 0 Å². The monoisotopic (exact) mass is 251 g/mol. The largest absolute Gasteiger partial charge is 0.335 e. The lowest BCUT2D eigenvalue weighted by Gasteiger charge is -2.36. The second kappa shape index (κ2) is 5.47. The molecule has 2 saturated carbocycles. The molecule has 0 atom stereocenters. The van der Waals surface area contributed by atoms with Crippen LogP contribution in [-0.2, 0) is 0 Å². The van der Waals surface area contributed by atoms with E-state index in [9.17, 15) is 4.79 Å². The first kappa shape index (κ1) is 12.3. The number of hydrogen-bond donors (Lipinski definition) is 1. The Balaban J connectivity index is 1.42. The second-order valence-corrected chi connectivity index (χ2v) is 6.04. The van der Waals surface area contributed by atoms with Crippen LogP contribution >= 0.6 is 0 Å². The molecule has 1 heterocycles. The molecule has 0 radical (unpaired) electrons. The average Bonchev–Trinajstić information content (AvgIpc) is 3.24. The smallest absolute Gasteiger partial charge is 0.317 e. The molecule has 18 heavy (non-hydrogen) atoms. The van der Waals surface area contributed by atoms with E-state index in [1.54, 1.807) is 0 Å². The van der Waals surface area contributed by atoms with Crippen molar-refractivity contribution in [3.63, 3.8) is 0 Å². The molecule has 1 saturated heterocycles. The zero-order valence-corrected chi connectivity index (χ0v) is 11.2. The Morgan fingerprint density at radius 2 is 1.56 bits per heavy atom. The van der Waals surface area contributed by atoms with E-state index in [-0.39, 0.29) is 6.03 Å². The Hall–Kier alpha value is -0.770. The normalized spacial score (nSPS) is 27.2. The molecule has 3 aliphatic rings. The minimum absolute atomic E-state index is 0.178. The highest BCUT2D eigenvalue weighted by molar-refractivity contribution is 5.74. The first-order valence-corrected chi connectivity index (χ1v) is 7.62. The predicted octanol–water partition coefficient (Wildman–Crippen LogP) is 1.81. The molecule has 102 valence electrons. The summed E-state index contributed by atoms with van der Waals surface area (Å²) in [6.45, 7) is 3.97. The Morgan fingerprint density at radius 3 is 2.17 bits per heavy atom. The number of nitrogens with one attached hydrogen (secondary N) is 1. The first-order valence-electron chi connectivity index (χ1n) is 7.62. The summed E-state index contributed by atoms with van der Waals surface area (Å²) in [4.78, 5) is 16.7. The minimum atomic E-state index is 0.178. The van der Waals surface area contributed by atoms with E-state index in [0.29, 0.717) is 6.04 Å². The molecule has 4 heteroatoms. The predicted molar refractivity (Wildman–Crippen MR) is 71.6 cm³/mol. The van der Waals surface area contributed by atoms with Gasteiger partial charge in [-0.25, -0.2) is 4.79 Å². The van der Waals surface area contributed by atoms with Gasteiger partial charge in [-0.05, 0) is 25.7 Å². The maximum absolute atomic E-state index is 12.2. The summed E-state index contributed by atoms with van der Waals surface area (Å²) in [6, 6.07) is 1.46. The van der Waals surface area contributed by atoms with Crippen LogP contribution < -0.4 is 5.32 Å². The topological polar surface area (TPSA) is 35.6 Å². The number of rotatable bonds is 2. The van der Waals surface area contributed by atoms with E-state index >= 15 is 0 Å². The Kier molecular flexibility index (Phi) is 3.73. The van der Waals surface area contributed by atoms with Gasteiger partial charge < -0.3 is 10.2 Å². The van der Waals surface area contributed by atoms with E-state index in [1.165, 1.54) is 44.9 Å². The van der Waals surface area contributed by atoms with Crippen LogP contribution in [-0.4, -0.2) is 54.1 Å². The van der Waals surface area contributed by atoms with Crippen molar-refractivity contribution in [1.29, 1.82) is 0 Å². The summed E-state index contributed by atoms with van der Waals surface area (Å²) in [6.07, 6.45) is 8.98. The van der Waals surface area contributed by atoms with Crippen LogP contribution in [0.4, 0.5) is 4.79 Å². The first-order chi connectivity index (χ1) is 8.83. The van der Waals surface area contributed by atoms with Crippen LogP contribution in [0.15, 0.2) is 0 Å². The SMILES string of the molecule is O=C(NC1CCCCC1)N1CCN(C2CC2)CC1. The van der Waals surface area contributed by atoms with Crippen LogP contribution in [0.2, 0.25) is 0 Å². The highest BCUT2D eigenvalue weighted by Crippen LogP contribution is 2.27. The van der Waals surface area contributed by atoms with Gasteiger partial charge in [0, 0.05) is 38.3 Å². The summed E-state index contributed by atoms with van der Waals surface area (Å²) >= 11 is 0. The molecular formula is C14H25N3O. The maximum atomic E-state index is 12.2. The lowest BCUT2D eigenvalue weighted by atomic mass is 9.96. The van der Waals surface area contributed by atoms with Crippen molar-refractivity contribution in [2.45, 2.75) is 57.0 Å². The minimum Gasteiger partial charge on any atom is -0.335 e. The lowest BCUT2D eigenvalue weighted by Crippen LogP contribution is -2.54. The molecular weight excluding hydrogens is 226 g/mol. The van der Waals surface area contributed by atoms with Crippen molar-refractivity contribution in [3.8, 4) is 0 Å². The van der Waals surface area contributed by atoms with Gasteiger partial charge >= 0.3 is 6.03 Å². The zero-order valence-electron chi connectivity index (χ0n) is 11.2. The highest BCUT2D eigenvalue weighted by atomic mass is 16.2. The van der Waals surface area contributed by atoms with Crippen LogP contribution in [0.3, 0.4) is 0 Å². The highest BCUT2D eigenvalue weighted by Gasteiger charge is 2.32. The van der Waals surface area contributed by atoms with E-state index < -0.39 is 0 Å². The molecule has 0 spiro atoms. The summed E-state index contributed by atoms with van der Waals surface area (Å²) < 4.78 is 0. The van der Waals surface area contributed by atoms with Crippen LogP contribution in [0.25, 0.3) is 0 Å². The third kappa shape index (κ3) is 2.97. The molecule has 1 aliphatic heterocycles. The molecule has 2 aliphatic carbocycles. The standard InChI is InChI=1S/C14H25N3O/c18-14(15-12-4-2-1-3-5-12)17-10-8-16(9-11-17)13-6-7-13/h12-13H,1-11H2,(H,15,18). The summed E-state index contributed by atoms with van der Waals surface area (Å²) in [7, 11) is 0. The van der Waals surface area contributed by atoms with Crippen LogP contribution in [0.1, 0.15) is 44.9 Å². The molecule has 0 aromatic rings. The van der Waals surface area contributed by atoms with Gasteiger partial charge in [0.05, 0.1) is 0 Å². The summed E-state index contributed by atoms with van der Waals surface area (Å²) in [5.74, 6) is 0. The van der Waals surface area contributed by atoms with Crippen molar-refractivity contribution < 1.29 is 4.79 Å². The molecule has 0 aromatic heterocycles. The quantitative estimate of drug-likeness (QED) is 0.812. The molecule has 0 unspecified atom stereocenters. The van der Waals surface area contributed by atoms with Crippen molar-refractivity contribution in [3.05, 3.63) is 0 Å². The molecule has 4 nitrogen and oxygen atoms in total. The number of amides is 2. The Labute approximate surface area is 110 Å². The third-order valence-corrected chi connectivity index (χ3v) is 4.60. The number of piperazine rings is 1. The van der Waals surface area contributed by atoms with E-state index in [1.807, 2.05) is 4.90 Å². The number of nitrogens with zero attached hydrogens (tertiary/aromatic N) is 2. The molecule has 0 aromatic carbocycles. The van der Waals surface area contributed by atoms with Crippen molar-refractivity contribution in [2.24, 2.45) is 0 Å². The zero-order chi connectivity index (χ0) is 12.4. The number of carbonyl (C=O) groups is 1. The number of hydrogen-bond acceptors (Lipinski definition) is 2. The van der Waals surface area contributed by atoms with Crippen molar-refractivity contribution in [2.75, 3.05) is 26.2 Å². The van der Waals surface area contributed by atoms with Gasteiger partial charge in [-0.2, -0.15) is 0 Å². The number of carbonyl (C=O) groups excluding carboxylic acids is 1. The van der Waals surface area contributed by atoms with Gasteiger partial charge in [-0.1, -0.05) is 19.3 Å². The van der Waals surface area contributed by atoms with Crippen molar-refractivity contribution >= 4 is 6.03 Å². The molecule has 3 rings (SSSR count). The number of urea groups is 1. The van der Waals surface area contributed by atoms with E-state index in [0.717, 1.165) is 32.2 Å². The third-order valence-electron chi connectivity index (χ3n) is 4.60. The fourth-order valence-corrected chi connectivity index (χ4v) is 3.24. The van der Waals surface area contributed by atoms with Gasteiger partial charge in [-0.15, -0.1) is 0 Å². The van der Waals surface area contributed by atoms with Gasteiger partial charge in [0.25, 0.3) is 0 Å². The van der Waals surface area contributed by atoms with E-state index in [4.69, 9.17) is 0 Å². The fourth-order valence-electron chi connectivity index (χ4n) is 3.24. The molecule has 2 amide bonds. The lowest BCUT2D eigenvalue weighted by molar-refractivity contribution is 0.131. The van der Waals surface area contributed by atoms with Crippen LogP contribution in [0, 0.1) is 0 Å². The second-order valence-electron chi connectivity index (χ2n) is 6.04. The Bertz CT molecular complexity index is 289. The van der Waals surface area contributed by atoms with Gasteiger partial charge in [0.15, 0.2) is 0 Å². The van der Waals surface area contributed by atoms with Crippen molar-refractivity contribution in [1.82, 2.24) is 15.1 Å². The van der Waals surface area contributed by atoms with Gasteiger partial charge in [-0.3, -0.25) is 4.90 Å². The molecule has 0 bridgehead atoms. The fraction of sp³-hybridized carbons (Fsp3) is 0.929. The summed E-state index contributed by atoms with van der Waals surface area (Å²) in [5, 5.41) is 3.22. The molecule has 1 N–H and O–H groups in total.